The van der Waals surface area contributed by atoms with Crippen LogP contribution in [0.5, 0.6) is 0 Å². The van der Waals surface area contributed by atoms with Gasteiger partial charge in [0.25, 0.3) is 0 Å². The summed E-state index contributed by atoms with van der Waals surface area (Å²) in [5.41, 5.74) is 0.978. The smallest absolute Gasteiger partial charge is 0.146 e. The minimum atomic E-state index is -1.16. The second-order valence-electron chi connectivity index (χ2n) is 2.95. The minimum Gasteiger partial charge on any atom is -0.393 e. The van der Waals surface area contributed by atoms with E-state index in [0.717, 1.165) is 0 Å². The van der Waals surface area contributed by atoms with Gasteiger partial charge < -0.3 is 5.11 Å². The molecule has 0 saturated heterocycles. The number of aromatic nitrogens is 2. The number of aliphatic hydroxyl groups is 1. The van der Waals surface area contributed by atoms with Gasteiger partial charge in [0.2, 0.25) is 0 Å². The highest BCUT2D eigenvalue weighted by atomic mass is 19.1. The highest BCUT2D eigenvalue weighted by molar-refractivity contribution is 5.18. The molecule has 0 amide bonds. The van der Waals surface area contributed by atoms with E-state index in [-0.39, 0.29) is 6.42 Å². The van der Waals surface area contributed by atoms with Gasteiger partial charge in [0.15, 0.2) is 0 Å². The highest BCUT2D eigenvalue weighted by Gasteiger charge is 2.27. The molecule has 1 aliphatic carbocycles. The number of nitrogens with zero attached hydrogens (tertiary/aromatic N) is 2. The lowest BCUT2D eigenvalue weighted by Gasteiger charge is -2.21. The third kappa shape index (κ3) is 1.18. The Hall–Kier alpha value is -1.03. The first-order valence-corrected chi connectivity index (χ1v) is 3.89. The van der Waals surface area contributed by atoms with E-state index in [4.69, 9.17) is 0 Å². The van der Waals surface area contributed by atoms with Crippen molar-refractivity contribution >= 4 is 0 Å². The molecule has 1 aromatic heterocycles. The fraction of sp³-hybridized carbons (Fsp3) is 0.500. The number of aliphatic hydroxyl groups excluding tert-OH is 1. The molecule has 4 heteroatoms. The summed E-state index contributed by atoms with van der Waals surface area (Å²) in [6.07, 6.45) is 1.80. The maximum atomic E-state index is 13.2. The normalized spacial score (nSPS) is 28.2. The number of hydrogen-bond acceptors (Lipinski definition) is 3. The second-order valence-corrected chi connectivity index (χ2v) is 2.95. The monoisotopic (exact) mass is 168 g/mol. The summed E-state index contributed by atoms with van der Waals surface area (Å²) in [5.74, 6) is 0. The Morgan fingerprint density at radius 2 is 2.17 bits per heavy atom. The van der Waals surface area contributed by atoms with E-state index in [2.05, 4.69) is 9.97 Å². The summed E-state index contributed by atoms with van der Waals surface area (Å²) in [4.78, 5) is 7.84. The lowest BCUT2D eigenvalue weighted by atomic mass is 9.96. The van der Waals surface area contributed by atoms with Gasteiger partial charge in [-0.15, -0.1) is 0 Å². The van der Waals surface area contributed by atoms with Crippen LogP contribution in [0, 0.1) is 0 Å². The third-order valence-corrected chi connectivity index (χ3v) is 2.01. The molecule has 0 aromatic carbocycles. The lowest BCUT2D eigenvalue weighted by molar-refractivity contribution is 0.110. The first-order chi connectivity index (χ1) is 5.77. The van der Waals surface area contributed by atoms with Crippen molar-refractivity contribution in [3.8, 4) is 0 Å². The quantitative estimate of drug-likeness (QED) is 0.623. The predicted molar refractivity (Wildman–Crippen MR) is 40.2 cm³/mol. The van der Waals surface area contributed by atoms with E-state index in [1.54, 1.807) is 0 Å². The van der Waals surface area contributed by atoms with Gasteiger partial charge in [-0.25, -0.2) is 4.39 Å². The van der Waals surface area contributed by atoms with Gasteiger partial charge in [0, 0.05) is 25.2 Å². The molecular weight excluding hydrogens is 159 g/mol. The molecule has 1 aliphatic rings. The molecule has 1 heterocycles. The van der Waals surface area contributed by atoms with Crippen LogP contribution in [0.3, 0.4) is 0 Å². The molecule has 0 spiro atoms. The van der Waals surface area contributed by atoms with Crippen LogP contribution in [0.2, 0.25) is 0 Å². The SMILES string of the molecule is OC1Cc2nccnc2C(F)C1. The van der Waals surface area contributed by atoms with E-state index in [0.29, 0.717) is 17.8 Å². The summed E-state index contributed by atoms with van der Waals surface area (Å²) in [7, 11) is 0. The van der Waals surface area contributed by atoms with Gasteiger partial charge in [-0.05, 0) is 0 Å². The molecule has 12 heavy (non-hydrogen) atoms. The molecule has 0 bridgehead atoms. The molecule has 2 rings (SSSR count). The van der Waals surface area contributed by atoms with E-state index < -0.39 is 12.3 Å². The Labute approximate surface area is 69.3 Å². The summed E-state index contributed by atoms with van der Waals surface area (Å²) in [6, 6.07) is 0. The minimum absolute atomic E-state index is 0.145. The molecular formula is C8H9FN2O. The Kier molecular flexibility index (Phi) is 1.77. The van der Waals surface area contributed by atoms with Crippen LogP contribution >= 0.6 is 0 Å². The number of rotatable bonds is 0. The van der Waals surface area contributed by atoms with Crippen LogP contribution in [0.4, 0.5) is 4.39 Å². The average Bonchev–Trinajstić information content (AvgIpc) is 2.04. The molecule has 64 valence electrons. The van der Waals surface area contributed by atoms with Crippen LogP contribution in [0.15, 0.2) is 12.4 Å². The van der Waals surface area contributed by atoms with E-state index >= 15 is 0 Å². The molecule has 0 fully saturated rings. The fourth-order valence-electron chi connectivity index (χ4n) is 1.45. The largest absolute Gasteiger partial charge is 0.393 e. The fourth-order valence-corrected chi connectivity index (χ4v) is 1.45. The van der Waals surface area contributed by atoms with Crippen molar-refractivity contribution in [2.24, 2.45) is 0 Å². The summed E-state index contributed by atoms with van der Waals surface area (Å²) >= 11 is 0. The van der Waals surface area contributed by atoms with Gasteiger partial charge in [-0.1, -0.05) is 0 Å². The standard InChI is InChI=1S/C8H9FN2O/c9-6-3-5(12)4-7-8(6)11-2-1-10-7/h1-2,5-6,12H,3-4H2. The van der Waals surface area contributed by atoms with Gasteiger partial charge in [-0.3, -0.25) is 9.97 Å². The molecule has 0 saturated carbocycles. The van der Waals surface area contributed by atoms with Crippen LogP contribution in [0.25, 0.3) is 0 Å². The summed E-state index contributed by atoms with van der Waals surface area (Å²) < 4.78 is 13.2. The molecule has 0 aliphatic heterocycles. The molecule has 2 atom stereocenters. The zero-order valence-corrected chi connectivity index (χ0v) is 6.44. The molecule has 2 unspecified atom stereocenters. The number of fused-ring (bicyclic) bond motifs is 1. The van der Waals surface area contributed by atoms with Gasteiger partial charge >= 0.3 is 0 Å². The van der Waals surface area contributed by atoms with Crippen molar-refractivity contribution in [2.75, 3.05) is 0 Å². The number of alkyl halides is 1. The Bertz CT molecular complexity index is 292. The van der Waals surface area contributed by atoms with Crippen LogP contribution in [0.1, 0.15) is 24.0 Å². The van der Waals surface area contributed by atoms with E-state index in [1.165, 1.54) is 12.4 Å². The Morgan fingerprint density at radius 3 is 3.00 bits per heavy atom. The van der Waals surface area contributed by atoms with Crippen LogP contribution < -0.4 is 0 Å². The first-order valence-electron chi connectivity index (χ1n) is 3.89. The molecule has 1 N–H and O–H groups in total. The van der Waals surface area contributed by atoms with Crippen molar-refractivity contribution in [2.45, 2.75) is 25.1 Å². The maximum absolute atomic E-state index is 13.2. The molecule has 0 radical (unpaired) electrons. The average molecular weight is 168 g/mol. The number of halogens is 1. The molecule has 3 nitrogen and oxygen atoms in total. The van der Waals surface area contributed by atoms with Crippen molar-refractivity contribution < 1.29 is 9.50 Å². The topological polar surface area (TPSA) is 46.0 Å². The predicted octanol–water partition coefficient (Wildman–Crippen LogP) is 0.794. The van der Waals surface area contributed by atoms with Crippen molar-refractivity contribution in [3.05, 3.63) is 23.8 Å². The van der Waals surface area contributed by atoms with Crippen molar-refractivity contribution in [3.63, 3.8) is 0 Å². The number of hydrogen-bond donors (Lipinski definition) is 1. The van der Waals surface area contributed by atoms with Gasteiger partial charge in [-0.2, -0.15) is 0 Å². The molecule has 1 aromatic rings. The van der Waals surface area contributed by atoms with Crippen molar-refractivity contribution in [1.29, 1.82) is 0 Å². The Balaban J connectivity index is 2.40. The third-order valence-electron chi connectivity index (χ3n) is 2.01. The zero-order chi connectivity index (χ0) is 8.55. The maximum Gasteiger partial charge on any atom is 0.146 e. The zero-order valence-electron chi connectivity index (χ0n) is 6.44. The van der Waals surface area contributed by atoms with Crippen LogP contribution in [-0.4, -0.2) is 21.2 Å². The van der Waals surface area contributed by atoms with Crippen molar-refractivity contribution in [1.82, 2.24) is 9.97 Å². The van der Waals surface area contributed by atoms with Crippen LogP contribution in [-0.2, 0) is 6.42 Å². The van der Waals surface area contributed by atoms with Gasteiger partial charge in [0.05, 0.1) is 17.5 Å². The van der Waals surface area contributed by atoms with E-state index in [1.807, 2.05) is 0 Å². The lowest BCUT2D eigenvalue weighted by Crippen LogP contribution is -2.22. The van der Waals surface area contributed by atoms with E-state index in [9.17, 15) is 9.50 Å². The summed E-state index contributed by atoms with van der Waals surface area (Å²) in [5, 5.41) is 9.22. The first kappa shape index (κ1) is 7.61. The van der Waals surface area contributed by atoms with Gasteiger partial charge in [0.1, 0.15) is 6.17 Å². The highest BCUT2D eigenvalue weighted by Crippen LogP contribution is 2.29. The second kappa shape index (κ2) is 2.79. The summed E-state index contributed by atoms with van der Waals surface area (Å²) in [6.45, 7) is 0. The Morgan fingerprint density at radius 1 is 1.42 bits per heavy atom.